The number of anilines is 1. The van der Waals surface area contributed by atoms with Crippen molar-refractivity contribution in [2.24, 2.45) is 0 Å². The molecule has 2 rings (SSSR count). The second-order valence-electron chi connectivity index (χ2n) is 7.45. The first-order valence-corrected chi connectivity index (χ1v) is 9.51. The van der Waals surface area contributed by atoms with E-state index >= 15 is 0 Å². The van der Waals surface area contributed by atoms with Crippen molar-refractivity contribution in [3.05, 3.63) is 45.6 Å². The number of hydrogen-bond donors (Lipinski definition) is 3. The summed E-state index contributed by atoms with van der Waals surface area (Å²) in [5, 5.41) is 24.3. The number of pyridine rings is 1. The zero-order valence-electron chi connectivity index (χ0n) is 16.9. The molecule has 0 aliphatic rings. The molecule has 0 radical (unpaired) electrons. The Hall–Kier alpha value is -1.82. The first-order chi connectivity index (χ1) is 12.6. The Labute approximate surface area is 166 Å². The highest BCUT2D eigenvalue weighted by atomic mass is 35.5. The van der Waals surface area contributed by atoms with Gasteiger partial charge in [-0.15, -0.1) is 0 Å². The summed E-state index contributed by atoms with van der Waals surface area (Å²) in [6.07, 6.45) is 0.745. The molecule has 0 saturated carbocycles. The van der Waals surface area contributed by atoms with E-state index in [9.17, 15) is 10.2 Å². The summed E-state index contributed by atoms with van der Waals surface area (Å²) < 4.78 is 6.19. The van der Waals surface area contributed by atoms with Crippen LogP contribution >= 0.6 is 11.6 Å². The van der Waals surface area contributed by atoms with Gasteiger partial charge in [-0.2, -0.15) is 0 Å². The number of hydrogen-bond acceptors (Lipinski definition) is 5. The van der Waals surface area contributed by atoms with Crippen molar-refractivity contribution in [2.45, 2.75) is 59.6 Å². The lowest BCUT2D eigenvalue weighted by Gasteiger charge is -2.27. The Morgan fingerprint density at radius 2 is 1.78 bits per heavy atom. The Morgan fingerprint density at radius 3 is 2.26 bits per heavy atom. The summed E-state index contributed by atoms with van der Waals surface area (Å²) >= 11 is 6.12. The van der Waals surface area contributed by atoms with Gasteiger partial charge >= 0.3 is 0 Å². The monoisotopic (exact) mass is 392 g/mol. The molecule has 0 aliphatic heterocycles. The molecule has 1 atom stereocenters. The van der Waals surface area contributed by atoms with Crippen LogP contribution in [0.5, 0.6) is 11.6 Å². The number of nitrogens with zero attached hydrogens (tertiary/aromatic N) is 1. The maximum absolute atomic E-state index is 10.8. The predicted molar refractivity (Wildman–Crippen MR) is 110 cm³/mol. The van der Waals surface area contributed by atoms with Crippen LogP contribution in [0.4, 0.5) is 5.69 Å². The molecule has 1 unspecified atom stereocenters. The van der Waals surface area contributed by atoms with Crippen LogP contribution in [0, 0.1) is 20.8 Å². The summed E-state index contributed by atoms with van der Waals surface area (Å²) in [6, 6.07) is 5.41. The van der Waals surface area contributed by atoms with E-state index in [4.69, 9.17) is 16.3 Å². The van der Waals surface area contributed by atoms with Crippen molar-refractivity contribution >= 4 is 17.3 Å². The van der Waals surface area contributed by atoms with Gasteiger partial charge in [0, 0.05) is 22.4 Å². The first kappa shape index (κ1) is 21.5. The Balaban J connectivity index is 2.61. The zero-order chi connectivity index (χ0) is 20.4. The second kappa shape index (κ2) is 8.46. The van der Waals surface area contributed by atoms with E-state index in [0.717, 1.165) is 23.2 Å². The third kappa shape index (κ3) is 5.12. The number of ether oxygens (including phenoxy) is 1. The van der Waals surface area contributed by atoms with E-state index in [1.807, 2.05) is 45.9 Å². The molecule has 1 aromatic heterocycles. The first-order valence-electron chi connectivity index (χ1n) is 9.13. The number of aryl methyl sites for hydroxylation is 3. The average Bonchev–Trinajstić information content (AvgIpc) is 2.54. The minimum Gasteiger partial charge on any atom is -0.438 e. The van der Waals surface area contributed by atoms with Crippen LogP contribution in [-0.4, -0.2) is 27.8 Å². The van der Waals surface area contributed by atoms with Gasteiger partial charge in [-0.05, 0) is 70.4 Å². The van der Waals surface area contributed by atoms with Crippen molar-refractivity contribution in [2.75, 3.05) is 11.9 Å². The summed E-state index contributed by atoms with van der Waals surface area (Å²) in [6.45, 7) is 11.1. The molecule has 3 N–H and O–H groups in total. The van der Waals surface area contributed by atoms with Crippen molar-refractivity contribution in [1.29, 1.82) is 0 Å². The zero-order valence-corrected chi connectivity index (χ0v) is 17.6. The molecule has 27 heavy (non-hydrogen) atoms. The summed E-state index contributed by atoms with van der Waals surface area (Å²) in [5.41, 5.74) is 2.59. The van der Waals surface area contributed by atoms with Gasteiger partial charge in [0.1, 0.15) is 5.75 Å². The summed E-state index contributed by atoms with van der Waals surface area (Å²) in [5.74, 6) is 1.01. The average molecular weight is 393 g/mol. The minimum absolute atomic E-state index is 0.00520. The van der Waals surface area contributed by atoms with Crippen LogP contribution in [-0.2, 0) is 5.60 Å². The number of halogens is 1. The molecular weight excluding hydrogens is 364 g/mol. The van der Waals surface area contributed by atoms with Crippen LogP contribution in [0.15, 0.2) is 18.2 Å². The SMILES string of the molecule is CCC(CO)Nc1cc(C)nc(Oc2c(C)cc(Cl)cc2C)c1C(C)(C)O. The molecule has 0 fully saturated rings. The van der Waals surface area contributed by atoms with Gasteiger partial charge < -0.3 is 20.3 Å². The number of aliphatic hydroxyl groups is 2. The molecule has 2 aromatic rings. The highest BCUT2D eigenvalue weighted by molar-refractivity contribution is 6.30. The van der Waals surface area contributed by atoms with Crippen LogP contribution in [0.1, 0.15) is 49.6 Å². The molecule has 0 spiro atoms. The Bertz CT molecular complexity index is 789. The van der Waals surface area contributed by atoms with E-state index in [1.165, 1.54) is 0 Å². The van der Waals surface area contributed by atoms with Gasteiger partial charge in [0.15, 0.2) is 0 Å². The minimum atomic E-state index is -1.19. The van der Waals surface area contributed by atoms with E-state index < -0.39 is 5.60 Å². The number of aliphatic hydroxyl groups excluding tert-OH is 1. The third-order valence-electron chi connectivity index (χ3n) is 4.42. The van der Waals surface area contributed by atoms with Gasteiger partial charge in [0.25, 0.3) is 0 Å². The highest BCUT2D eigenvalue weighted by Gasteiger charge is 2.28. The lowest BCUT2D eigenvalue weighted by Crippen LogP contribution is -2.27. The van der Waals surface area contributed by atoms with Gasteiger partial charge in [0.2, 0.25) is 5.88 Å². The fourth-order valence-corrected chi connectivity index (χ4v) is 3.40. The topological polar surface area (TPSA) is 74.6 Å². The molecule has 148 valence electrons. The maximum atomic E-state index is 10.8. The van der Waals surface area contributed by atoms with E-state index in [-0.39, 0.29) is 12.6 Å². The molecule has 5 nitrogen and oxygen atoms in total. The number of aromatic nitrogens is 1. The normalized spacial score (nSPS) is 12.8. The van der Waals surface area contributed by atoms with Crippen LogP contribution in [0.2, 0.25) is 5.02 Å². The molecule has 0 aliphatic carbocycles. The van der Waals surface area contributed by atoms with Crippen molar-refractivity contribution in [1.82, 2.24) is 4.98 Å². The highest BCUT2D eigenvalue weighted by Crippen LogP contribution is 2.40. The molecule has 6 heteroatoms. The smallest absolute Gasteiger partial charge is 0.227 e. The predicted octanol–water partition coefficient (Wildman–Crippen LogP) is 4.86. The second-order valence-corrected chi connectivity index (χ2v) is 7.89. The van der Waals surface area contributed by atoms with Gasteiger partial charge in [0.05, 0.1) is 17.8 Å². The number of rotatable bonds is 7. The molecule has 0 amide bonds. The molecule has 0 bridgehead atoms. The standard InChI is InChI=1S/C21H29ClN2O3/c1-7-16(11-25)24-17-10-14(4)23-20(18(17)21(5,6)26)27-19-12(2)8-15(22)9-13(19)3/h8-10,16,25-26H,7,11H2,1-6H3,(H,23,24). The number of benzene rings is 1. The van der Waals surface area contributed by atoms with Crippen LogP contribution in [0.25, 0.3) is 0 Å². The molecule has 1 heterocycles. The molecule has 1 aromatic carbocycles. The van der Waals surface area contributed by atoms with E-state index in [2.05, 4.69) is 10.3 Å². The Kier molecular flexibility index (Phi) is 6.73. The van der Waals surface area contributed by atoms with Crippen molar-refractivity contribution in [3.63, 3.8) is 0 Å². The van der Waals surface area contributed by atoms with E-state index in [0.29, 0.717) is 27.9 Å². The van der Waals surface area contributed by atoms with Gasteiger partial charge in [-0.25, -0.2) is 4.98 Å². The third-order valence-corrected chi connectivity index (χ3v) is 4.64. The van der Waals surface area contributed by atoms with E-state index in [1.54, 1.807) is 13.8 Å². The van der Waals surface area contributed by atoms with Gasteiger partial charge in [-0.3, -0.25) is 0 Å². The fraction of sp³-hybridized carbons (Fsp3) is 0.476. The van der Waals surface area contributed by atoms with Crippen molar-refractivity contribution in [3.8, 4) is 11.6 Å². The summed E-state index contributed by atoms with van der Waals surface area (Å²) in [7, 11) is 0. The Morgan fingerprint density at radius 1 is 1.19 bits per heavy atom. The number of nitrogens with one attached hydrogen (secondary N) is 1. The van der Waals surface area contributed by atoms with Crippen LogP contribution < -0.4 is 10.1 Å². The largest absolute Gasteiger partial charge is 0.438 e. The van der Waals surface area contributed by atoms with Gasteiger partial charge in [-0.1, -0.05) is 18.5 Å². The fourth-order valence-electron chi connectivity index (χ4n) is 3.08. The van der Waals surface area contributed by atoms with Crippen LogP contribution in [0.3, 0.4) is 0 Å². The maximum Gasteiger partial charge on any atom is 0.227 e. The molecule has 0 saturated heterocycles. The van der Waals surface area contributed by atoms with Crippen molar-refractivity contribution < 1.29 is 14.9 Å². The molecular formula is C21H29ClN2O3. The lowest BCUT2D eigenvalue weighted by atomic mass is 9.96. The quantitative estimate of drug-likeness (QED) is 0.627. The lowest BCUT2D eigenvalue weighted by molar-refractivity contribution is 0.0762. The summed E-state index contributed by atoms with van der Waals surface area (Å²) in [4.78, 5) is 4.54.